The van der Waals surface area contributed by atoms with E-state index in [0.29, 0.717) is 29.1 Å². The van der Waals surface area contributed by atoms with Crippen LogP contribution in [-0.2, 0) is 12.6 Å². The molecule has 0 unspecified atom stereocenters. The van der Waals surface area contributed by atoms with Gasteiger partial charge in [-0.05, 0) is 24.1 Å². The van der Waals surface area contributed by atoms with Crippen molar-refractivity contribution in [1.29, 1.82) is 0 Å². The van der Waals surface area contributed by atoms with Crippen LogP contribution in [0.3, 0.4) is 0 Å². The van der Waals surface area contributed by atoms with E-state index in [1.807, 2.05) is 6.92 Å². The Morgan fingerprint density at radius 1 is 1.36 bits per heavy atom. The summed E-state index contributed by atoms with van der Waals surface area (Å²) < 4.78 is 38.6. The fourth-order valence-corrected chi connectivity index (χ4v) is 3.18. The number of aromatic hydroxyl groups is 1. The van der Waals surface area contributed by atoms with Gasteiger partial charge in [-0.25, -0.2) is 0 Å². The fourth-order valence-electron chi connectivity index (χ4n) is 2.12. The van der Waals surface area contributed by atoms with Gasteiger partial charge in [0.05, 0.1) is 11.1 Å². The zero-order valence-electron chi connectivity index (χ0n) is 12.0. The van der Waals surface area contributed by atoms with E-state index in [0.717, 1.165) is 17.0 Å². The van der Waals surface area contributed by atoms with Crippen molar-refractivity contribution in [3.63, 3.8) is 0 Å². The Kier molecular flexibility index (Phi) is 4.81. The Balaban J connectivity index is 2.55. The second-order valence-corrected chi connectivity index (χ2v) is 5.78. The minimum absolute atomic E-state index is 0.0402. The van der Waals surface area contributed by atoms with Gasteiger partial charge in [0.1, 0.15) is 10.8 Å². The molecule has 2 aromatic rings. The van der Waals surface area contributed by atoms with Crippen molar-refractivity contribution in [2.45, 2.75) is 19.5 Å². The monoisotopic (exact) mass is 327 g/mol. The van der Waals surface area contributed by atoms with Crippen molar-refractivity contribution in [3.05, 3.63) is 47.4 Å². The minimum Gasteiger partial charge on any atom is -0.506 e. The van der Waals surface area contributed by atoms with Crippen molar-refractivity contribution < 1.29 is 18.3 Å². The number of nitrogens with one attached hydrogen (secondary N) is 1. The van der Waals surface area contributed by atoms with E-state index in [9.17, 15) is 18.3 Å². The third kappa shape index (κ3) is 3.27. The average molecular weight is 327 g/mol. The van der Waals surface area contributed by atoms with Gasteiger partial charge >= 0.3 is 6.18 Å². The highest BCUT2D eigenvalue weighted by Crippen LogP contribution is 2.46. The maximum absolute atomic E-state index is 12.9. The lowest BCUT2D eigenvalue weighted by molar-refractivity contribution is -0.137. The van der Waals surface area contributed by atoms with E-state index in [1.54, 1.807) is 12.1 Å². The molecule has 6 heteroatoms. The Morgan fingerprint density at radius 3 is 2.68 bits per heavy atom. The van der Waals surface area contributed by atoms with Crippen LogP contribution in [0.5, 0.6) is 5.75 Å². The van der Waals surface area contributed by atoms with Gasteiger partial charge in [0, 0.05) is 11.4 Å². The molecule has 0 aliphatic heterocycles. The third-order valence-corrected chi connectivity index (χ3v) is 4.44. The number of hydrogen-bond donors (Lipinski definition) is 2. The maximum atomic E-state index is 12.9. The van der Waals surface area contributed by atoms with Gasteiger partial charge in [0.25, 0.3) is 0 Å². The first kappa shape index (κ1) is 16.4. The number of aryl methyl sites for hydroxylation is 1. The van der Waals surface area contributed by atoms with E-state index in [-0.39, 0.29) is 5.75 Å². The highest BCUT2D eigenvalue weighted by Gasteiger charge is 2.31. The molecule has 2 rings (SSSR count). The van der Waals surface area contributed by atoms with Crippen LogP contribution in [0.2, 0.25) is 0 Å². The first-order chi connectivity index (χ1) is 10.4. The van der Waals surface area contributed by atoms with Gasteiger partial charge < -0.3 is 10.4 Å². The molecule has 0 aliphatic rings. The summed E-state index contributed by atoms with van der Waals surface area (Å²) >= 11 is 1.34. The number of rotatable bonds is 5. The van der Waals surface area contributed by atoms with Gasteiger partial charge in [-0.2, -0.15) is 13.2 Å². The predicted octanol–water partition coefficient (Wildman–Crippen LogP) is 5.30. The van der Waals surface area contributed by atoms with Crippen molar-refractivity contribution >= 4 is 16.3 Å². The van der Waals surface area contributed by atoms with Crippen LogP contribution in [0.4, 0.5) is 18.2 Å². The van der Waals surface area contributed by atoms with Crippen LogP contribution in [0.1, 0.15) is 17.4 Å². The predicted molar refractivity (Wildman–Crippen MR) is 84.5 cm³/mol. The number of hydrogen-bond acceptors (Lipinski definition) is 3. The number of halogens is 3. The van der Waals surface area contributed by atoms with Crippen molar-refractivity contribution in [2.75, 3.05) is 11.9 Å². The van der Waals surface area contributed by atoms with Crippen molar-refractivity contribution in [2.24, 2.45) is 0 Å². The van der Waals surface area contributed by atoms with Crippen LogP contribution < -0.4 is 5.32 Å². The molecule has 0 radical (unpaired) electrons. The average Bonchev–Trinajstić information content (AvgIpc) is 2.80. The van der Waals surface area contributed by atoms with Crippen LogP contribution in [0.15, 0.2) is 36.9 Å². The van der Waals surface area contributed by atoms with Gasteiger partial charge in [-0.1, -0.05) is 25.1 Å². The Morgan fingerprint density at radius 2 is 2.09 bits per heavy atom. The molecule has 2 nitrogen and oxygen atoms in total. The molecular weight excluding hydrogens is 311 g/mol. The molecule has 0 atom stereocenters. The quantitative estimate of drug-likeness (QED) is 0.730. The van der Waals surface area contributed by atoms with Crippen LogP contribution in [0, 0.1) is 0 Å². The van der Waals surface area contributed by atoms with Gasteiger partial charge in [0.2, 0.25) is 0 Å². The normalized spacial score (nSPS) is 11.5. The lowest BCUT2D eigenvalue weighted by atomic mass is 10.0. The standard InChI is InChI=1S/C16H16F3NOS/c1-3-8-20-15-13(14(21)12(4-2)22-15)10-6-5-7-11(9-10)16(17,18)19/h3,5-7,9,20-21H,1,4,8H2,2H3. The van der Waals surface area contributed by atoms with Gasteiger partial charge in [0.15, 0.2) is 0 Å². The van der Waals surface area contributed by atoms with Gasteiger partial charge in [-0.15, -0.1) is 17.9 Å². The summed E-state index contributed by atoms with van der Waals surface area (Å²) in [6.07, 6.45) is -2.15. The molecule has 0 saturated carbocycles. The van der Waals surface area contributed by atoms with Crippen molar-refractivity contribution in [1.82, 2.24) is 0 Å². The zero-order chi connectivity index (χ0) is 16.3. The first-order valence-corrected chi connectivity index (χ1v) is 7.57. The molecule has 22 heavy (non-hydrogen) atoms. The Hall–Kier alpha value is -1.95. The SMILES string of the molecule is C=CCNc1sc(CC)c(O)c1-c1cccc(C(F)(F)F)c1. The summed E-state index contributed by atoms with van der Waals surface area (Å²) in [6, 6.07) is 4.98. The minimum atomic E-state index is -4.41. The van der Waals surface area contributed by atoms with E-state index >= 15 is 0 Å². The summed E-state index contributed by atoms with van der Waals surface area (Å²) in [6.45, 7) is 5.96. The number of alkyl halides is 3. The molecule has 0 bridgehead atoms. The zero-order valence-corrected chi connectivity index (χ0v) is 12.8. The summed E-state index contributed by atoms with van der Waals surface area (Å²) in [7, 11) is 0. The van der Waals surface area contributed by atoms with Crippen LogP contribution in [0.25, 0.3) is 11.1 Å². The van der Waals surface area contributed by atoms with Crippen LogP contribution >= 0.6 is 11.3 Å². The molecule has 0 fully saturated rings. The highest BCUT2D eigenvalue weighted by molar-refractivity contribution is 7.17. The molecule has 118 valence electrons. The lowest BCUT2D eigenvalue weighted by Crippen LogP contribution is -2.04. The second-order valence-electron chi connectivity index (χ2n) is 4.68. The van der Waals surface area contributed by atoms with E-state index in [2.05, 4.69) is 11.9 Å². The molecule has 1 aromatic carbocycles. The molecular formula is C16H16F3NOS. The third-order valence-electron chi connectivity index (χ3n) is 3.16. The topological polar surface area (TPSA) is 32.3 Å². The molecule has 0 aliphatic carbocycles. The molecule has 2 N–H and O–H groups in total. The van der Waals surface area contributed by atoms with Crippen molar-refractivity contribution in [3.8, 4) is 16.9 Å². The lowest BCUT2D eigenvalue weighted by Gasteiger charge is -2.10. The highest BCUT2D eigenvalue weighted by atomic mass is 32.1. The van der Waals surface area contributed by atoms with Crippen LogP contribution in [-0.4, -0.2) is 11.7 Å². The largest absolute Gasteiger partial charge is 0.506 e. The molecule has 1 heterocycles. The summed E-state index contributed by atoms with van der Waals surface area (Å²) in [5, 5.41) is 14.0. The van der Waals surface area contributed by atoms with E-state index < -0.39 is 11.7 Å². The number of anilines is 1. The smallest absolute Gasteiger partial charge is 0.416 e. The molecule has 0 saturated heterocycles. The van der Waals surface area contributed by atoms with E-state index in [1.165, 1.54) is 17.4 Å². The molecule has 0 amide bonds. The maximum Gasteiger partial charge on any atom is 0.416 e. The summed E-state index contributed by atoms with van der Waals surface area (Å²) in [4.78, 5) is 0.735. The molecule has 1 aromatic heterocycles. The summed E-state index contributed by atoms with van der Waals surface area (Å²) in [5.41, 5.74) is 0.0213. The Labute approximate surface area is 130 Å². The number of benzene rings is 1. The number of thiophene rings is 1. The Bertz CT molecular complexity index is 677. The fraction of sp³-hybridized carbons (Fsp3) is 0.250. The summed E-state index contributed by atoms with van der Waals surface area (Å²) in [5.74, 6) is 0.0402. The van der Waals surface area contributed by atoms with E-state index in [4.69, 9.17) is 0 Å². The molecule has 0 spiro atoms. The van der Waals surface area contributed by atoms with Gasteiger partial charge in [-0.3, -0.25) is 0 Å². The second kappa shape index (κ2) is 6.44. The first-order valence-electron chi connectivity index (χ1n) is 6.75.